The molecule has 1 atom stereocenters. The molecule has 1 aliphatic carbocycles. The van der Waals surface area contributed by atoms with Gasteiger partial charge in [0, 0.05) is 27.9 Å². The van der Waals surface area contributed by atoms with Crippen LogP contribution in [0.4, 0.5) is 5.69 Å². The topological polar surface area (TPSA) is 46.2 Å². The molecule has 0 spiro atoms. The minimum absolute atomic E-state index is 0.0309. The summed E-state index contributed by atoms with van der Waals surface area (Å²) in [5, 5.41) is 3.59. The van der Waals surface area contributed by atoms with Gasteiger partial charge in [-0.15, -0.1) is 0 Å². The van der Waals surface area contributed by atoms with Crippen LogP contribution in [0.25, 0.3) is 0 Å². The van der Waals surface area contributed by atoms with Crippen molar-refractivity contribution in [3.05, 3.63) is 137 Å². The van der Waals surface area contributed by atoms with E-state index >= 15 is 0 Å². The molecule has 0 aromatic heterocycles. The summed E-state index contributed by atoms with van der Waals surface area (Å²) in [4.78, 5) is 25.9. The maximum absolute atomic E-state index is 13.1. The number of nitrogens with one attached hydrogen (secondary N) is 1. The van der Waals surface area contributed by atoms with Crippen molar-refractivity contribution < 1.29 is 9.59 Å². The highest BCUT2D eigenvalue weighted by Crippen LogP contribution is 2.31. The molecule has 3 nitrogen and oxygen atoms in total. The van der Waals surface area contributed by atoms with Gasteiger partial charge in [-0.3, -0.25) is 9.59 Å². The van der Waals surface area contributed by atoms with Crippen LogP contribution in [0.15, 0.2) is 103 Å². The maximum Gasteiger partial charge on any atom is 0.194 e. The molecule has 0 saturated carbocycles. The predicted molar refractivity (Wildman–Crippen MR) is 123 cm³/mol. The van der Waals surface area contributed by atoms with Crippen LogP contribution in [0.1, 0.15) is 49.0 Å². The first-order valence-corrected chi connectivity index (χ1v) is 10.4. The summed E-state index contributed by atoms with van der Waals surface area (Å²) in [6, 6.07) is 33.1. The zero-order chi connectivity index (χ0) is 21.2. The largest absolute Gasteiger partial charge is 0.378 e. The van der Waals surface area contributed by atoms with Crippen LogP contribution in [0.2, 0.25) is 0 Å². The maximum atomic E-state index is 13.1. The predicted octanol–water partition coefficient (Wildman–Crippen LogP) is 5.86. The zero-order valence-corrected chi connectivity index (χ0v) is 16.9. The Hall–Kier alpha value is -3.98. The lowest BCUT2D eigenvalue weighted by Gasteiger charge is -2.23. The van der Waals surface area contributed by atoms with Gasteiger partial charge in [-0.05, 0) is 35.7 Å². The van der Waals surface area contributed by atoms with Crippen LogP contribution >= 0.6 is 0 Å². The Morgan fingerprint density at radius 2 is 1.13 bits per heavy atom. The van der Waals surface area contributed by atoms with Crippen LogP contribution in [0, 0.1) is 0 Å². The third-order valence-corrected chi connectivity index (χ3v) is 5.75. The van der Waals surface area contributed by atoms with Gasteiger partial charge in [0.25, 0.3) is 0 Å². The lowest BCUT2D eigenvalue weighted by atomic mass is 9.84. The van der Waals surface area contributed by atoms with Gasteiger partial charge in [-0.25, -0.2) is 0 Å². The molecule has 0 fully saturated rings. The number of carbonyl (C=O) groups excluding carboxylic acids is 2. The van der Waals surface area contributed by atoms with Crippen LogP contribution in [0.5, 0.6) is 0 Å². The van der Waals surface area contributed by atoms with Crippen LogP contribution in [-0.4, -0.2) is 11.6 Å². The van der Waals surface area contributed by atoms with E-state index in [-0.39, 0.29) is 17.6 Å². The van der Waals surface area contributed by atoms with Crippen molar-refractivity contribution in [2.24, 2.45) is 0 Å². The Morgan fingerprint density at radius 3 is 1.81 bits per heavy atom. The summed E-state index contributed by atoms with van der Waals surface area (Å²) in [7, 11) is 0. The summed E-state index contributed by atoms with van der Waals surface area (Å²) in [5.74, 6) is -0.200. The van der Waals surface area contributed by atoms with E-state index in [9.17, 15) is 9.59 Å². The van der Waals surface area contributed by atoms with E-state index in [1.807, 2.05) is 48.5 Å². The summed E-state index contributed by atoms with van der Waals surface area (Å²) in [6.07, 6.45) is 0.803. The minimum Gasteiger partial charge on any atom is -0.378 e. The standard InChI is InChI=1S/C28H21NO2/c30-27-22-13-7-8-14-23(22)28(31)25-18-21(15-16-24(25)27)29-26(20-11-5-2-6-12-20)17-19-9-3-1-4-10-19/h1-16,18,26,29H,17H2. The van der Waals surface area contributed by atoms with E-state index in [1.165, 1.54) is 5.56 Å². The quantitative estimate of drug-likeness (QED) is 0.400. The Kier molecular flexibility index (Phi) is 4.93. The Labute approximate surface area is 181 Å². The van der Waals surface area contributed by atoms with E-state index in [4.69, 9.17) is 0 Å². The highest BCUT2D eigenvalue weighted by atomic mass is 16.1. The van der Waals surface area contributed by atoms with Crippen molar-refractivity contribution in [1.29, 1.82) is 0 Å². The second kappa shape index (κ2) is 8.04. The van der Waals surface area contributed by atoms with E-state index in [1.54, 1.807) is 30.3 Å². The third kappa shape index (κ3) is 3.66. The van der Waals surface area contributed by atoms with E-state index in [0.717, 1.165) is 17.7 Å². The van der Waals surface area contributed by atoms with Gasteiger partial charge in [0.1, 0.15) is 0 Å². The van der Waals surface area contributed by atoms with Crippen molar-refractivity contribution in [1.82, 2.24) is 0 Å². The SMILES string of the molecule is O=C1c2ccccc2C(=O)c2cc(NC(Cc3ccccc3)c3ccccc3)ccc21. The molecule has 31 heavy (non-hydrogen) atoms. The number of hydrogen-bond acceptors (Lipinski definition) is 3. The van der Waals surface area contributed by atoms with Crippen molar-refractivity contribution >= 4 is 17.3 Å². The third-order valence-electron chi connectivity index (χ3n) is 5.75. The first-order chi connectivity index (χ1) is 15.2. The smallest absolute Gasteiger partial charge is 0.194 e. The molecule has 0 aliphatic heterocycles. The summed E-state index contributed by atoms with van der Waals surface area (Å²) in [5.41, 5.74) is 5.09. The molecular formula is C28H21NO2. The lowest BCUT2D eigenvalue weighted by molar-refractivity contribution is 0.0979. The highest BCUT2D eigenvalue weighted by molar-refractivity contribution is 6.28. The van der Waals surface area contributed by atoms with Crippen molar-refractivity contribution in [2.45, 2.75) is 12.5 Å². The first-order valence-electron chi connectivity index (χ1n) is 10.4. The molecule has 1 aliphatic rings. The fourth-order valence-corrected chi connectivity index (χ4v) is 4.18. The summed E-state index contributed by atoms with van der Waals surface area (Å²) in [6.45, 7) is 0. The van der Waals surface area contributed by atoms with Gasteiger partial charge in [0.2, 0.25) is 0 Å². The number of carbonyl (C=O) groups is 2. The number of benzene rings is 4. The number of fused-ring (bicyclic) bond motifs is 2. The second-order valence-electron chi connectivity index (χ2n) is 7.76. The molecule has 0 bridgehead atoms. The molecular weight excluding hydrogens is 382 g/mol. The van der Waals surface area contributed by atoms with Gasteiger partial charge in [0.05, 0.1) is 6.04 Å². The summed E-state index contributed by atoms with van der Waals surface area (Å²) < 4.78 is 0. The normalized spacial score (nSPS) is 13.3. The number of ketones is 2. The highest BCUT2D eigenvalue weighted by Gasteiger charge is 2.29. The number of anilines is 1. The molecule has 4 aromatic carbocycles. The van der Waals surface area contributed by atoms with Gasteiger partial charge in [0.15, 0.2) is 11.6 Å². The monoisotopic (exact) mass is 403 g/mol. The molecule has 0 heterocycles. The van der Waals surface area contributed by atoms with Crippen LogP contribution in [0.3, 0.4) is 0 Å². The Morgan fingerprint density at radius 1 is 0.581 bits per heavy atom. The van der Waals surface area contributed by atoms with Crippen LogP contribution in [-0.2, 0) is 6.42 Å². The second-order valence-corrected chi connectivity index (χ2v) is 7.76. The Balaban J connectivity index is 1.49. The molecule has 5 rings (SSSR count). The van der Waals surface area contributed by atoms with Gasteiger partial charge in [-0.1, -0.05) is 84.9 Å². The number of hydrogen-bond donors (Lipinski definition) is 1. The van der Waals surface area contributed by atoms with E-state index in [0.29, 0.717) is 22.3 Å². The minimum atomic E-state index is -0.104. The fraction of sp³-hybridized carbons (Fsp3) is 0.0714. The first kappa shape index (κ1) is 19.0. The average molecular weight is 403 g/mol. The Bertz CT molecular complexity index is 1260. The van der Waals surface area contributed by atoms with Gasteiger partial charge >= 0.3 is 0 Å². The van der Waals surface area contributed by atoms with Crippen LogP contribution < -0.4 is 5.32 Å². The summed E-state index contributed by atoms with van der Waals surface area (Å²) >= 11 is 0. The van der Waals surface area contributed by atoms with Gasteiger partial charge < -0.3 is 5.32 Å². The van der Waals surface area contributed by atoms with Gasteiger partial charge in [-0.2, -0.15) is 0 Å². The van der Waals surface area contributed by atoms with Crippen molar-refractivity contribution in [2.75, 3.05) is 5.32 Å². The molecule has 3 heteroatoms. The molecule has 4 aromatic rings. The average Bonchev–Trinajstić information content (AvgIpc) is 2.83. The molecule has 1 N–H and O–H groups in total. The molecule has 0 saturated heterocycles. The van der Waals surface area contributed by atoms with E-state index in [2.05, 4.69) is 29.6 Å². The van der Waals surface area contributed by atoms with Crippen molar-refractivity contribution in [3.63, 3.8) is 0 Å². The number of rotatable bonds is 5. The van der Waals surface area contributed by atoms with E-state index < -0.39 is 0 Å². The van der Waals surface area contributed by atoms with Crippen molar-refractivity contribution in [3.8, 4) is 0 Å². The fourth-order valence-electron chi connectivity index (χ4n) is 4.18. The molecule has 1 unspecified atom stereocenters. The molecule has 0 amide bonds. The zero-order valence-electron chi connectivity index (χ0n) is 16.9. The lowest BCUT2D eigenvalue weighted by Crippen LogP contribution is -2.21. The molecule has 150 valence electrons. The molecule has 0 radical (unpaired) electrons.